The summed E-state index contributed by atoms with van der Waals surface area (Å²) in [5.74, 6) is 0. The first-order valence-corrected chi connectivity index (χ1v) is 6.85. The van der Waals surface area contributed by atoms with E-state index in [1.54, 1.807) is 17.1 Å². The lowest BCUT2D eigenvalue weighted by Crippen LogP contribution is -2.35. The number of halogens is 2. The van der Waals surface area contributed by atoms with Crippen LogP contribution in [0.5, 0.6) is 0 Å². The van der Waals surface area contributed by atoms with Gasteiger partial charge in [-0.25, -0.2) is 4.68 Å². The molecule has 0 spiro atoms. The van der Waals surface area contributed by atoms with Crippen molar-refractivity contribution in [3.05, 3.63) is 46.2 Å². The summed E-state index contributed by atoms with van der Waals surface area (Å²) in [6.45, 7) is 7.10. The lowest BCUT2D eigenvalue weighted by molar-refractivity contribution is 0.424. The Kier molecular flexibility index (Phi) is 4.19. The Balaban J connectivity index is 2.36. The molecule has 102 valence electrons. The van der Waals surface area contributed by atoms with Crippen LogP contribution in [-0.2, 0) is 6.54 Å². The van der Waals surface area contributed by atoms with Crippen LogP contribution in [0.2, 0.25) is 10.0 Å². The maximum atomic E-state index is 6.29. The van der Waals surface area contributed by atoms with E-state index in [1.807, 2.05) is 18.2 Å². The van der Waals surface area contributed by atoms with Gasteiger partial charge in [0, 0.05) is 18.3 Å². The number of nitrogens with one attached hydrogen (secondary N) is 1. The molecular formula is C14H17Cl2N3. The third-order valence-corrected chi connectivity index (χ3v) is 3.16. The van der Waals surface area contributed by atoms with Gasteiger partial charge >= 0.3 is 0 Å². The normalized spacial score (nSPS) is 11.8. The van der Waals surface area contributed by atoms with Crippen molar-refractivity contribution >= 4 is 23.2 Å². The number of hydrogen-bond donors (Lipinski definition) is 1. The van der Waals surface area contributed by atoms with Gasteiger partial charge in [0.1, 0.15) is 0 Å². The molecule has 0 unspecified atom stereocenters. The van der Waals surface area contributed by atoms with Crippen LogP contribution in [0.25, 0.3) is 5.69 Å². The highest BCUT2D eigenvalue weighted by Gasteiger charge is 2.14. The van der Waals surface area contributed by atoms with Crippen LogP contribution in [-0.4, -0.2) is 15.3 Å². The molecule has 0 radical (unpaired) electrons. The van der Waals surface area contributed by atoms with Crippen molar-refractivity contribution < 1.29 is 0 Å². The fourth-order valence-electron chi connectivity index (χ4n) is 1.74. The summed E-state index contributed by atoms with van der Waals surface area (Å²) in [7, 11) is 0. The average Bonchev–Trinajstić information content (AvgIpc) is 2.72. The molecule has 3 nitrogen and oxygen atoms in total. The third kappa shape index (κ3) is 3.72. The van der Waals surface area contributed by atoms with E-state index in [0.29, 0.717) is 10.0 Å². The van der Waals surface area contributed by atoms with E-state index >= 15 is 0 Å². The maximum Gasteiger partial charge on any atom is 0.0877 e. The standard InChI is InChI=1S/C14H17Cl2N3/c1-14(2,3)17-7-10-5-4-6-12(16)13(10)19-9-11(15)8-18-19/h4-6,8-9,17H,7H2,1-3H3. The van der Waals surface area contributed by atoms with Gasteiger partial charge in [0.2, 0.25) is 0 Å². The molecule has 2 aromatic rings. The molecule has 19 heavy (non-hydrogen) atoms. The van der Waals surface area contributed by atoms with E-state index in [-0.39, 0.29) is 5.54 Å². The molecule has 1 heterocycles. The van der Waals surface area contributed by atoms with E-state index in [9.17, 15) is 0 Å². The van der Waals surface area contributed by atoms with Crippen molar-refractivity contribution in [2.45, 2.75) is 32.9 Å². The summed E-state index contributed by atoms with van der Waals surface area (Å²) < 4.78 is 1.71. The van der Waals surface area contributed by atoms with E-state index < -0.39 is 0 Å². The first-order valence-electron chi connectivity index (χ1n) is 6.10. The number of nitrogens with zero attached hydrogens (tertiary/aromatic N) is 2. The smallest absolute Gasteiger partial charge is 0.0877 e. The van der Waals surface area contributed by atoms with Gasteiger partial charge in [-0.05, 0) is 32.4 Å². The van der Waals surface area contributed by atoms with Crippen molar-refractivity contribution in [3.8, 4) is 5.69 Å². The number of para-hydroxylation sites is 1. The van der Waals surface area contributed by atoms with E-state index in [2.05, 4.69) is 31.2 Å². The van der Waals surface area contributed by atoms with Gasteiger partial charge in [-0.15, -0.1) is 0 Å². The summed E-state index contributed by atoms with van der Waals surface area (Å²) >= 11 is 12.2. The molecule has 1 aromatic carbocycles. The highest BCUT2D eigenvalue weighted by molar-refractivity contribution is 6.32. The van der Waals surface area contributed by atoms with E-state index in [0.717, 1.165) is 17.8 Å². The van der Waals surface area contributed by atoms with Crippen LogP contribution in [0.3, 0.4) is 0 Å². The van der Waals surface area contributed by atoms with Gasteiger partial charge in [-0.2, -0.15) is 5.10 Å². The van der Waals surface area contributed by atoms with E-state index in [4.69, 9.17) is 23.2 Å². The molecule has 1 aromatic heterocycles. The number of rotatable bonds is 3. The number of benzene rings is 1. The summed E-state index contributed by atoms with van der Waals surface area (Å²) in [5.41, 5.74) is 2.00. The fourth-order valence-corrected chi connectivity index (χ4v) is 2.16. The first kappa shape index (κ1) is 14.4. The number of hydrogen-bond acceptors (Lipinski definition) is 2. The largest absolute Gasteiger partial charge is 0.308 e. The molecule has 0 aliphatic heterocycles. The fraction of sp³-hybridized carbons (Fsp3) is 0.357. The summed E-state index contributed by atoms with van der Waals surface area (Å²) in [6.07, 6.45) is 3.36. The molecule has 0 aliphatic rings. The molecule has 0 saturated heterocycles. The predicted molar refractivity (Wildman–Crippen MR) is 80.2 cm³/mol. The van der Waals surface area contributed by atoms with Crippen LogP contribution in [0.1, 0.15) is 26.3 Å². The first-order chi connectivity index (χ1) is 8.87. The van der Waals surface area contributed by atoms with Gasteiger partial charge in [-0.3, -0.25) is 0 Å². The van der Waals surface area contributed by atoms with Crippen molar-refractivity contribution in [2.75, 3.05) is 0 Å². The average molecular weight is 298 g/mol. The minimum Gasteiger partial charge on any atom is -0.308 e. The topological polar surface area (TPSA) is 29.9 Å². The molecule has 1 N–H and O–H groups in total. The molecule has 0 bridgehead atoms. The quantitative estimate of drug-likeness (QED) is 0.925. The Morgan fingerprint density at radius 3 is 2.58 bits per heavy atom. The van der Waals surface area contributed by atoms with E-state index in [1.165, 1.54) is 0 Å². The Morgan fingerprint density at radius 1 is 1.26 bits per heavy atom. The van der Waals surface area contributed by atoms with Crippen LogP contribution in [0.15, 0.2) is 30.6 Å². The van der Waals surface area contributed by atoms with Crippen LogP contribution < -0.4 is 5.32 Å². The van der Waals surface area contributed by atoms with Crippen molar-refractivity contribution in [3.63, 3.8) is 0 Å². The Hall–Kier alpha value is -1.03. The van der Waals surface area contributed by atoms with Crippen molar-refractivity contribution in [1.29, 1.82) is 0 Å². The second-order valence-electron chi connectivity index (χ2n) is 5.45. The molecule has 0 fully saturated rings. The summed E-state index contributed by atoms with van der Waals surface area (Å²) in [4.78, 5) is 0. The predicted octanol–water partition coefficient (Wildman–Crippen LogP) is 4.07. The third-order valence-electron chi connectivity index (χ3n) is 2.66. The lowest BCUT2D eigenvalue weighted by atomic mass is 10.1. The number of aromatic nitrogens is 2. The molecular weight excluding hydrogens is 281 g/mol. The molecule has 0 saturated carbocycles. The zero-order valence-electron chi connectivity index (χ0n) is 11.2. The van der Waals surface area contributed by atoms with Gasteiger partial charge in [0.15, 0.2) is 0 Å². The second-order valence-corrected chi connectivity index (χ2v) is 6.30. The monoisotopic (exact) mass is 297 g/mol. The molecule has 0 atom stereocenters. The SMILES string of the molecule is CC(C)(C)NCc1cccc(Cl)c1-n1cc(Cl)cn1. The Morgan fingerprint density at radius 2 is 2.00 bits per heavy atom. The summed E-state index contributed by atoms with van der Waals surface area (Å²) in [5, 5.41) is 8.93. The van der Waals surface area contributed by atoms with Crippen LogP contribution in [0, 0.1) is 0 Å². The zero-order valence-corrected chi connectivity index (χ0v) is 12.8. The minimum atomic E-state index is 0.0430. The maximum absolute atomic E-state index is 6.29. The second kappa shape index (κ2) is 5.53. The molecule has 0 aliphatic carbocycles. The highest BCUT2D eigenvalue weighted by Crippen LogP contribution is 2.25. The Labute approximate surface area is 123 Å². The molecule has 0 amide bonds. The van der Waals surface area contributed by atoms with Gasteiger partial charge in [0.05, 0.1) is 21.9 Å². The molecule has 5 heteroatoms. The van der Waals surface area contributed by atoms with Gasteiger partial charge in [0.25, 0.3) is 0 Å². The van der Waals surface area contributed by atoms with Crippen molar-refractivity contribution in [2.24, 2.45) is 0 Å². The molecule has 2 rings (SSSR count). The van der Waals surface area contributed by atoms with Crippen molar-refractivity contribution in [1.82, 2.24) is 15.1 Å². The van der Waals surface area contributed by atoms with Gasteiger partial charge < -0.3 is 5.32 Å². The zero-order chi connectivity index (χ0) is 14.0. The minimum absolute atomic E-state index is 0.0430. The summed E-state index contributed by atoms with van der Waals surface area (Å²) in [6, 6.07) is 5.83. The van der Waals surface area contributed by atoms with Crippen LogP contribution >= 0.6 is 23.2 Å². The van der Waals surface area contributed by atoms with Crippen LogP contribution in [0.4, 0.5) is 0 Å². The lowest BCUT2D eigenvalue weighted by Gasteiger charge is -2.22. The Bertz CT molecular complexity index is 570. The highest BCUT2D eigenvalue weighted by atomic mass is 35.5. The van der Waals surface area contributed by atoms with Gasteiger partial charge in [-0.1, -0.05) is 35.3 Å².